The van der Waals surface area contributed by atoms with E-state index in [1.807, 2.05) is 110 Å². The number of ether oxygens (including phenoxy) is 1. The van der Waals surface area contributed by atoms with Crippen molar-refractivity contribution < 1.29 is 39.5 Å². The number of hydrogen-bond donors (Lipinski definition) is 0. The van der Waals surface area contributed by atoms with Gasteiger partial charge < -0.3 is 19.4 Å². The molecule has 2 aliphatic rings. The maximum Gasteiger partial charge on any atom is 0.135 e. The van der Waals surface area contributed by atoms with Gasteiger partial charge in [0.2, 0.25) is 0 Å². The third kappa shape index (κ3) is 8.94. The first kappa shape index (κ1) is 36.9. The zero-order valence-electron chi connectivity index (χ0n) is 50.8. The number of pyridine rings is 1. The maximum atomic E-state index is 9.28. The van der Waals surface area contributed by atoms with Crippen molar-refractivity contribution in [3.8, 4) is 44.9 Å². The van der Waals surface area contributed by atoms with Crippen LogP contribution in [0.15, 0.2) is 194 Å². The van der Waals surface area contributed by atoms with Crippen LogP contribution in [0.4, 0.5) is 39.9 Å². The molecule has 0 radical (unpaired) electrons. The van der Waals surface area contributed by atoms with Crippen molar-refractivity contribution in [3.63, 3.8) is 0 Å². The summed E-state index contributed by atoms with van der Waals surface area (Å²) in [6, 6.07) is 44.2. The Hall–Kier alpha value is -6.98. The van der Waals surface area contributed by atoms with Gasteiger partial charge in [0.1, 0.15) is 5.82 Å². The summed E-state index contributed by atoms with van der Waals surface area (Å²) in [7, 11) is -2.24. The summed E-state index contributed by atoms with van der Waals surface area (Å²) >= 11 is 0. The molecular formula is C64H57N4OPtSi-3. The summed E-state index contributed by atoms with van der Waals surface area (Å²) in [5.41, 5.74) is 7.78. The van der Waals surface area contributed by atoms with E-state index in [4.69, 9.17) is 20.7 Å². The topological polar surface area (TPSA) is 31.8 Å². The van der Waals surface area contributed by atoms with Crippen molar-refractivity contribution in [1.82, 2.24) is 4.98 Å². The molecule has 3 heterocycles. The molecule has 0 aliphatic carbocycles. The number of para-hydroxylation sites is 4. The first-order valence-electron chi connectivity index (χ1n) is 28.5. The first-order chi connectivity index (χ1) is 37.9. The Morgan fingerprint density at radius 3 is 1.86 bits per heavy atom. The Kier molecular flexibility index (Phi) is 9.69. The van der Waals surface area contributed by atoms with Crippen LogP contribution in [-0.2, 0) is 31.9 Å². The van der Waals surface area contributed by atoms with Crippen LogP contribution in [0.25, 0.3) is 33.4 Å². The van der Waals surface area contributed by atoms with Gasteiger partial charge in [-0.05, 0) is 85.8 Å². The average Bonchev–Trinajstić information content (AvgIpc) is 3.84. The second-order valence-corrected chi connectivity index (χ2v) is 24.6. The molecule has 8 aromatic carbocycles. The monoisotopic (exact) mass is 1130 g/mol. The molecule has 0 saturated heterocycles. The SMILES string of the molecule is [2H]c1c([2H])c([2H])c(-c2cc(-c3cccc(-c4c([2H])c([2H])c([2H])c([2H])c4[2H])c3N3[CH-]N(c4[c-]c(Oc5[c-]c6c(cc5)[Si](C)(C)c5ccccc5N6c5cc(C(C)(C)C)ccn5)ccc4)c4ccccc43)cc(C(C)(C)C)c2)c([2H])c1[2H].[Pt]. The van der Waals surface area contributed by atoms with Crippen LogP contribution in [0.3, 0.4) is 0 Å². The van der Waals surface area contributed by atoms with Gasteiger partial charge in [-0.25, -0.2) is 4.98 Å². The summed E-state index contributed by atoms with van der Waals surface area (Å²) < 4.78 is 94.9. The zero-order chi connectivity index (χ0) is 57.1. The minimum Gasteiger partial charge on any atom is -0.509 e. The van der Waals surface area contributed by atoms with Gasteiger partial charge in [-0.1, -0.05) is 181 Å². The predicted molar refractivity (Wildman–Crippen MR) is 295 cm³/mol. The number of nitrogens with zero attached hydrogens (tertiary/aromatic N) is 4. The summed E-state index contributed by atoms with van der Waals surface area (Å²) in [6.45, 7) is 19.3. The molecular weight excluding hydrogens is 1060 g/mol. The summed E-state index contributed by atoms with van der Waals surface area (Å²) in [5, 5.41) is 2.50. The van der Waals surface area contributed by atoms with Gasteiger partial charge in [0.25, 0.3) is 0 Å². The fourth-order valence-corrected chi connectivity index (χ4v) is 12.4. The zero-order valence-corrected chi connectivity index (χ0v) is 44.1. The van der Waals surface area contributed by atoms with Gasteiger partial charge in [-0.3, -0.25) is 0 Å². The molecule has 0 saturated carbocycles. The van der Waals surface area contributed by atoms with E-state index in [0.717, 1.165) is 34.0 Å². The maximum absolute atomic E-state index is 9.28. The Labute approximate surface area is 449 Å². The van der Waals surface area contributed by atoms with E-state index in [-0.39, 0.29) is 61.8 Å². The Morgan fingerprint density at radius 1 is 0.549 bits per heavy atom. The van der Waals surface area contributed by atoms with Crippen LogP contribution in [0.2, 0.25) is 13.1 Å². The largest absolute Gasteiger partial charge is 0.509 e. The Balaban J connectivity index is 0.00000736. The minimum atomic E-state index is -2.24. The van der Waals surface area contributed by atoms with E-state index in [9.17, 15) is 2.74 Å². The van der Waals surface area contributed by atoms with Crippen LogP contribution in [0, 0.1) is 18.8 Å². The van der Waals surface area contributed by atoms with E-state index < -0.39 is 49.7 Å². The van der Waals surface area contributed by atoms with Gasteiger partial charge in [0.15, 0.2) is 0 Å². The van der Waals surface area contributed by atoms with Crippen LogP contribution >= 0.6 is 0 Å². The van der Waals surface area contributed by atoms with Crippen molar-refractivity contribution in [2.24, 2.45) is 0 Å². The second-order valence-electron chi connectivity index (χ2n) is 20.3. The quantitative estimate of drug-likeness (QED) is 0.112. The van der Waals surface area contributed by atoms with Gasteiger partial charge >= 0.3 is 0 Å². The number of aromatic nitrogens is 1. The molecule has 11 rings (SSSR count). The van der Waals surface area contributed by atoms with Crippen molar-refractivity contribution in [2.45, 2.75) is 65.5 Å². The fraction of sp³-hybridized carbons (Fsp3) is 0.156. The van der Waals surface area contributed by atoms with Crippen LogP contribution < -0.4 is 29.8 Å². The third-order valence-corrected chi connectivity index (χ3v) is 16.8. The summed E-state index contributed by atoms with van der Waals surface area (Å²) in [4.78, 5) is 11.0. The summed E-state index contributed by atoms with van der Waals surface area (Å²) in [5.74, 6) is 1.70. The standard InChI is InChI=1S/C64H57N4OSi.Pt/c1-63(2,3)48-35-36-65-61(40-48)68-57-31-17-18-32-59(57)70(7,8)60-34-33-52(42-58(60)68)69-51-26-19-25-50(41-51)66-43-67(56-30-16-15-29-55(56)66)62-53(45-23-13-10-14-24-45)27-20-28-54(62)47-37-46(44-21-11-9-12-22-44)38-49(39-47)64(4,5)6;/h9-40,43H,1-8H3;/q-3;/i9D,10D,11D,12D,13D,14D,21D,22D,23D,24D;. The predicted octanol–water partition coefficient (Wildman–Crippen LogP) is 16.1. The van der Waals surface area contributed by atoms with E-state index >= 15 is 0 Å². The first-order valence-corrected chi connectivity index (χ1v) is 26.5. The molecule has 5 nitrogen and oxygen atoms in total. The van der Waals surface area contributed by atoms with Crippen molar-refractivity contribution >= 4 is 58.4 Å². The summed E-state index contributed by atoms with van der Waals surface area (Å²) in [6.07, 6.45) is 1.87. The van der Waals surface area contributed by atoms with Crippen molar-refractivity contribution in [1.29, 1.82) is 0 Å². The Bertz CT molecular complexity index is 3970. The molecule has 0 spiro atoms. The molecule has 9 aromatic rings. The van der Waals surface area contributed by atoms with E-state index in [1.54, 1.807) is 18.2 Å². The number of fused-ring (bicyclic) bond motifs is 3. The third-order valence-electron chi connectivity index (χ3n) is 13.3. The van der Waals surface area contributed by atoms with Crippen LogP contribution in [0.1, 0.15) is 66.4 Å². The van der Waals surface area contributed by atoms with Gasteiger partial charge in [-0.15, -0.1) is 47.9 Å². The molecule has 0 unspecified atom stereocenters. The number of benzene rings is 8. The molecule has 0 atom stereocenters. The average molecular weight is 1130 g/mol. The molecule has 0 amide bonds. The van der Waals surface area contributed by atoms with E-state index in [0.29, 0.717) is 50.8 Å². The van der Waals surface area contributed by atoms with Crippen LogP contribution in [-0.4, -0.2) is 13.1 Å². The number of anilines is 7. The number of rotatable bonds is 8. The van der Waals surface area contributed by atoms with Crippen molar-refractivity contribution in [3.05, 3.63) is 224 Å². The number of hydrogen-bond acceptors (Lipinski definition) is 5. The minimum absolute atomic E-state index is 0. The smallest absolute Gasteiger partial charge is 0.135 e. The van der Waals surface area contributed by atoms with E-state index in [2.05, 4.69) is 93.4 Å². The van der Waals surface area contributed by atoms with Gasteiger partial charge in [0.05, 0.1) is 21.8 Å². The Morgan fingerprint density at radius 2 is 1.15 bits per heavy atom. The van der Waals surface area contributed by atoms with E-state index in [1.165, 1.54) is 10.4 Å². The normalized spacial score (nSPS) is 15.7. The molecule has 0 bridgehead atoms. The van der Waals surface area contributed by atoms with Gasteiger partial charge in [-0.2, -0.15) is 12.1 Å². The molecule has 71 heavy (non-hydrogen) atoms. The molecule has 2 aliphatic heterocycles. The van der Waals surface area contributed by atoms with Crippen molar-refractivity contribution in [2.75, 3.05) is 14.7 Å². The molecule has 7 heteroatoms. The molecule has 1 aromatic heterocycles. The molecule has 0 N–H and O–H groups in total. The van der Waals surface area contributed by atoms with Crippen LogP contribution in [0.5, 0.6) is 11.5 Å². The second kappa shape index (κ2) is 18.6. The molecule has 0 fully saturated rings. The molecule has 356 valence electrons. The van der Waals surface area contributed by atoms with Gasteiger partial charge in [0, 0.05) is 72.6 Å². The fourth-order valence-electron chi connectivity index (χ4n) is 9.53.